The standard InChI is InChI=1S/C20H43NO7S/c1-2-3-4-5-6-7-8-9-10-11-12-13-14-18(19(25)29(26,27)28)21-20(15-22,16-23)17-24/h18-19,21-25H,2-17H2,1H3,(H,26,27,28). The Kier molecular flexibility index (Phi) is 16.2. The zero-order valence-corrected chi connectivity index (χ0v) is 18.7. The predicted octanol–water partition coefficient (Wildman–Crippen LogP) is 1.96. The Labute approximate surface area is 176 Å². The van der Waals surface area contributed by atoms with E-state index in [1.807, 2.05) is 0 Å². The summed E-state index contributed by atoms with van der Waals surface area (Å²) in [5.41, 5.74) is -3.63. The van der Waals surface area contributed by atoms with Crippen molar-refractivity contribution in [2.75, 3.05) is 19.8 Å². The van der Waals surface area contributed by atoms with Crippen LogP contribution in [0, 0.1) is 0 Å². The smallest absolute Gasteiger partial charge is 0.293 e. The summed E-state index contributed by atoms with van der Waals surface area (Å²) in [7, 11) is -4.72. The van der Waals surface area contributed by atoms with Crippen LogP contribution in [0.5, 0.6) is 0 Å². The molecular weight excluding hydrogens is 398 g/mol. The van der Waals surface area contributed by atoms with Crippen LogP contribution in [0.4, 0.5) is 0 Å². The van der Waals surface area contributed by atoms with Gasteiger partial charge in [-0.05, 0) is 6.42 Å². The highest BCUT2D eigenvalue weighted by atomic mass is 32.2. The Morgan fingerprint density at radius 3 is 1.48 bits per heavy atom. The second-order valence-corrected chi connectivity index (χ2v) is 9.60. The van der Waals surface area contributed by atoms with E-state index in [-0.39, 0.29) is 6.42 Å². The topological polar surface area (TPSA) is 147 Å². The van der Waals surface area contributed by atoms with Crippen molar-refractivity contribution in [2.45, 2.75) is 107 Å². The van der Waals surface area contributed by atoms with Crippen molar-refractivity contribution in [3.05, 3.63) is 0 Å². The number of nitrogens with one attached hydrogen (secondary N) is 1. The van der Waals surface area contributed by atoms with Crippen LogP contribution in [0.2, 0.25) is 0 Å². The average Bonchev–Trinajstić information content (AvgIpc) is 2.70. The minimum Gasteiger partial charge on any atom is -0.394 e. The van der Waals surface area contributed by atoms with E-state index >= 15 is 0 Å². The Morgan fingerprint density at radius 1 is 0.759 bits per heavy atom. The van der Waals surface area contributed by atoms with E-state index < -0.39 is 47.0 Å². The van der Waals surface area contributed by atoms with Crippen molar-refractivity contribution >= 4 is 10.1 Å². The molecule has 176 valence electrons. The van der Waals surface area contributed by atoms with Gasteiger partial charge in [0.15, 0.2) is 5.44 Å². The fraction of sp³-hybridized carbons (Fsp3) is 1.00. The van der Waals surface area contributed by atoms with E-state index in [0.29, 0.717) is 6.42 Å². The maximum absolute atomic E-state index is 11.3. The molecule has 0 heterocycles. The van der Waals surface area contributed by atoms with Crippen molar-refractivity contribution < 1.29 is 33.4 Å². The second kappa shape index (κ2) is 16.4. The predicted molar refractivity (Wildman–Crippen MR) is 114 cm³/mol. The molecule has 0 spiro atoms. The molecule has 0 saturated carbocycles. The Balaban J connectivity index is 4.22. The maximum Gasteiger partial charge on any atom is 0.293 e. The molecule has 0 aromatic rings. The van der Waals surface area contributed by atoms with E-state index in [9.17, 15) is 28.8 Å². The number of aliphatic hydroxyl groups excluding tert-OH is 4. The molecule has 0 fully saturated rings. The molecule has 0 aromatic heterocycles. The highest BCUT2D eigenvalue weighted by molar-refractivity contribution is 7.86. The van der Waals surface area contributed by atoms with Crippen LogP contribution in [0.25, 0.3) is 0 Å². The quantitative estimate of drug-likeness (QED) is 0.124. The summed E-state index contributed by atoms with van der Waals surface area (Å²) in [6.07, 6.45) is 14.0. The van der Waals surface area contributed by atoms with Crippen molar-refractivity contribution in [3.63, 3.8) is 0 Å². The Bertz CT molecular complexity index is 475. The summed E-state index contributed by atoms with van der Waals surface area (Å²) < 4.78 is 31.8. The number of hydrogen-bond acceptors (Lipinski definition) is 7. The van der Waals surface area contributed by atoms with Crippen LogP contribution < -0.4 is 5.32 Å². The summed E-state index contributed by atoms with van der Waals surface area (Å²) in [5.74, 6) is 0. The molecule has 0 aliphatic heterocycles. The van der Waals surface area contributed by atoms with E-state index in [0.717, 1.165) is 19.3 Å². The summed E-state index contributed by atoms with van der Waals surface area (Å²) in [6, 6.07) is -1.11. The average molecular weight is 442 g/mol. The molecule has 0 bridgehead atoms. The first kappa shape index (κ1) is 28.7. The zero-order valence-electron chi connectivity index (χ0n) is 17.9. The van der Waals surface area contributed by atoms with Gasteiger partial charge in [-0.15, -0.1) is 0 Å². The molecular formula is C20H43NO7S. The molecule has 29 heavy (non-hydrogen) atoms. The third-order valence-electron chi connectivity index (χ3n) is 5.42. The lowest BCUT2D eigenvalue weighted by Crippen LogP contribution is -2.61. The molecule has 9 heteroatoms. The van der Waals surface area contributed by atoms with E-state index in [2.05, 4.69) is 12.2 Å². The zero-order chi connectivity index (χ0) is 22.2. The van der Waals surface area contributed by atoms with Gasteiger partial charge in [0.05, 0.1) is 31.4 Å². The van der Waals surface area contributed by atoms with Crippen LogP contribution in [-0.4, -0.2) is 70.2 Å². The van der Waals surface area contributed by atoms with Gasteiger partial charge < -0.3 is 20.4 Å². The van der Waals surface area contributed by atoms with Gasteiger partial charge in [-0.25, -0.2) is 0 Å². The summed E-state index contributed by atoms with van der Waals surface area (Å²) in [5, 5.41) is 40.8. The lowest BCUT2D eigenvalue weighted by Gasteiger charge is -2.35. The van der Waals surface area contributed by atoms with Gasteiger partial charge in [0.2, 0.25) is 0 Å². The minimum absolute atomic E-state index is 0.222. The molecule has 0 rings (SSSR count). The third kappa shape index (κ3) is 12.9. The normalized spacial score (nSPS) is 14.8. The number of aliphatic hydroxyl groups is 4. The lowest BCUT2D eigenvalue weighted by atomic mass is 9.99. The highest BCUT2D eigenvalue weighted by Gasteiger charge is 2.37. The van der Waals surface area contributed by atoms with Gasteiger partial charge in [-0.3, -0.25) is 9.87 Å². The van der Waals surface area contributed by atoms with E-state index in [1.54, 1.807) is 0 Å². The largest absolute Gasteiger partial charge is 0.394 e. The fourth-order valence-electron chi connectivity index (χ4n) is 3.38. The van der Waals surface area contributed by atoms with Crippen LogP contribution in [0.3, 0.4) is 0 Å². The molecule has 0 aliphatic rings. The van der Waals surface area contributed by atoms with Crippen LogP contribution >= 0.6 is 0 Å². The van der Waals surface area contributed by atoms with Crippen LogP contribution in [0.15, 0.2) is 0 Å². The van der Waals surface area contributed by atoms with Crippen molar-refractivity contribution in [3.8, 4) is 0 Å². The Hall–Kier alpha value is -0.290. The summed E-state index contributed by atoms with van der Waals surface area (Å²) >= 11 is 0. The van der Waals surface area contributed by atoms with Gasteiger partial charge in [0.1, 0.15) is 0 Å². The monoisotopic (exact) mass is 441 g/mol. The SMILES string of the molecule is CCCCCCCCCCCCCCC(NC(CO)(CO)CO)C(O)S(=O)(=O)O. The van der Waals surface area contributed by atoms with E-state index in [1.165, 1.54) is 51.4 Å². The molecule has 0 amide bonds. The lowest BCUT2D eigenvalue weighted by molar-refractivity contribution is 0.0217. The van der Waals surface area contributed by atoms with Crippen molar-refractivity contribution in [1.29, 1.82) is 0 Å². The summed E-state index contributed by atoms with van der Waals surface area (Å²) in [4.78, 5) is 0. The van der Waals surface area contributed by atoms with E-state index in [4.69, 9.17) is 4.55 Å². The van der Waals surface area contributed by atoms with Crippen molar-refractivity contribution in [1.82, 2.24) is 5.32 Å². The van der Waals surface area contributed by atoms with Gasteiger partial charge in [-0.1, -0.05) is 84.0 Å². The van der Waals surface area contributed by atoms with Gasteiger partial charge in [0, 0.05) is 0 Å². The second-order valence-electron chi connectivity index (χ2n) is 8.09. The fourth-order valence-corrected chi connectivity index (χ4v) is 4.00. The number of rotatable bonds is 20. The molecule has 2 atom stereocenters. The van der Waals surface area contributed by atoms with Gasteiger partial charge >= 0.3 is 0 Å². The first-order valence-electron chi connectivity index (χ1n) is 11.0. The number of unbranched alkanes of at least 4 members (excludes halogenated alkanes) is 11. The molecule has 2 unspecified atom stereocenters. The van der Waals surface area contributed by atoms with Gasteiger partial charge in [-0.2, -0.15) is 8.42 Å². The van der Waals surface area contributed by atoms with Crippen LogP contribution in [-0.2, 0) is 10.1 Å². The van der Waals surface area contributed by atoms with Crippen molar-refractivity contribution in [2.24, 2.45) is 0 Å². The van der Waals surface area contributed by atoms with Crippen LogP contribution in [0.1, 0.15) is 90.4 Å². The third-order valence-corrected chi connectivity index (χ3v) is 6.36. The molecule has 0 radical (unpaired) electrons. The summed E-state index contributed by atoms with van der Waals surface area (Å²) in [6.45, 7) is 0.275. The van der Waals surface area contributed by atoms with Gasteiger partial charge in [0.25, 0.3) is 10.1 Å². The molecule has 0 aromatic carbocycles. The maximum atomic E-state index is 11.3. The molecule has 8 nitrogen and oxygen atoms in total. The molecule has 0 saturated heterocycles. The molecule has 0 aliphatic carbocycles. The first-order valence-corrected chi connectivity index (χ1v) is 12.5. The molecule has 6 N–H and O–H groups in total. The highest BCUT2D eigenvalue weighted by Crippen LogP contribution is 2.17. The Morgan fingerprint density at radius 2 is 1.14 bits per heavy atom. The minimum atomic E-state index is -4.72. The first-order chi connectivity index (χ1) is 13.8. The number of hydrogen-bond donors (Lipinski definition) is 6.